The number of nitrogens with zero attached hydrogens (tertiary/aromatic N) is 3. The second kappa shape index (κ2) is 9.85. The first-order valence-corrected chi connectivity index (χ1v) is 12.7. The zero-order chi connectivity index (χ0) is 24.5. The van der Waals surface area contributed by atoms with E-state index in [0.717, 1.165) is 51.7 Å². The number of halogens is 1. The summed E-state index contributed by atoms with van der Waals surface area (Å²) in [5, 5.41) is 4.62. The van der Waals surface area contributed by atoms with Crippen LogP contribution in [0.2, 0.25) is 5.02 Å². The van der Waals surface area contributed by atoms with Crippen LogP contribution in [0.4, 0.5) is 10.8 Å². The Balaban J connectivity index is 1.29. The molecule has 35 heavy (non-hydrogen) atoms. The molecule has 1 unspecified atom stereocenters. The fourth-order valence-corrected chi connectivity index (χ4v) is 5.70. The van der Waals surface area contributed by atoms with E-state index < -0.39 is 0 Å². The molecule has 6 nitrogen and oxygen atoms in total. The minimum Gasteiger partial charge on any atom is -0.497 e. The molecule has 0 saturated carbocycles. The minimum atomic E-state index is -0.160. The van der Waals surface area contributed by atoms with Gasteiger partial charge in [-0.3, -0.25) is 4.79 Å². The van der Waals surface area contributed by atoms with E-state index in [4.69, 9.17) is 21.3 Å². The third-order valence-corrected chi connectivity index (χ3v) is 7.91. The number of methoxy groups -OCH3 is 1. The van der Waals surface area contributed by atoms with Gasteiger partial charge in [-0.2, -0.15) is 0 Å². The summed E-state index contributed by atoms with van der Waals surface area (Å²) in [7, 11) is 5.88. The standard InChI is InChI=1S/C27H27ClN4O2S/c1-31-13-12-20(16-31)32(2)27-30-24-11-8-19(14-25(24)35-27)29-26(33)18-6-4-17(5-7-18)22-10-9-21(34-3)15-23(22)28/h4-11,14-15,20H,12-13,16H2,1-3H3,(H,29,33). The monoisotopic (exact) mass is 506 g/mol. The van der Waals surface area contributed by atoms with Gasteiger partial charge in [0, 0.05) is 36.4 Å². The number of rotatable bonds is 6. The van der Waals surface area contributed by atoms with Crippen LogP contribution < -0.4 is 15.0 Å². The van der Waals surface area contributed by atoms with Gasteiger partial charge in [0.15, 0.2) is 5.13 Å². The lowest BCUT2D eigenvalue weighted by Crippen LogP contribution is -2.33. The highest BCUT2D eigenvalue weighted by Crippen LogP contribution is 2.33. The van der Waals surface area contributed by atoms with E-state index in [1.165, 1.54) is 0 Å². The van der Waals surface area contributed by atoms with Gasteiger partial charge in [0.05, 0.1) is 22.3 Å². The summed E-state index contributed by atoms with van der Waals surface area (Å²) in [5.41, 5.74) is 4.10. The number of hydrogen-bond acceptors (Lipinski definition) is 6. The molecular weight excluding hydrogens is 480 g/mol. The van der Waals surface area contributed by atoms with Crippen molar-refractivity contribution >= 4 is 49.9 Å². The average molecular weight is 507 g/mol. The van der Waals surface area contributed by atoms with Gasteiger partial charge in [-0.25, -0.2) is 4.98 Å². The third kappa shape index (κ3) is 4.98. The molecule has 5 rings (SSSR count). The van der Waals surface area contributed by atoms with Crippen LogP contribution in [0.1, 0.15) is 16.8 Å². The summed E-state index contributed by atoms with van der Waals surface area (Å²) in [6.07, 6.45) is 1.15. The highest BCUT2D eigenvalue weighted by atomic mass is 35.5. The molecule has 1 saturated heterocycles. The largest absolute Gasteiger partial charge is 0.497 e. The molecule has 0 radical (unpaired) electrons. The quantitative estimate of drug-likeness (QED) is 0.346. The van der Waals surface area contributed by atoms with Gasteiger partial charge in [0.1, 0.15) is 5.75 Å². The highest BCUT2D eigenvalue weighted by Gasteiger charge is 2.25. The second-order valence-corrected chi connectivity index (χ2v) is 10.3. The summed E-state index contributed by atoms with van der Waals surface area (Å²) >= 11 is 8.05. The fraction of sp³-hybridized carbons (Fsp3) is 0.259. The number of likely N-dealkylation sites (N-methyl/N-ethyl adjacent to an activating group) is 2. The van der Waals surface area contributed by atoms with Gasteiger partial charge in [-0.1, -0.05) is 35.1 Å². The molecule has 0 spiro atoms. The van der Waals surface area contributed by atoms with Gasteiger partial charge in [0.25, 0.3) is 5.91 Å². The lowest BCUT2D eigenvalue weighted by atomic mass is 10.0. The summed E-state index contributed by atoms with van der Waals surface area (Å²) < 4.78 is 6.27. The van der Waals surface area contributed by atoms with E-state index in [1.54, 1.807) is 24.5 Å². The van der Waals surface area contributed by atoms with E-state index in [-0.39, 0.29) is 5.91 Å². The van der Waals surface area contributed by atoms with E-state index in [0.29, 0.717) is 22.4 Å². The number of thiazole rings is 1. The number of hydrogen-bond donors (Lipinski definition) is 1. The molecule has 1 N–H and O–H groups in total. The molecule has 1 aliphatic heterocycles. The predicted octanol–water partition coefficient (Wildman–Crippen LogP) is 6.02. The molecule has 0 aliphatic carbocycles. The maximum Gasteiger partial charge on any atom is 0.255 e. The van der Waals surface area contributed by atoms with E-state index in [1.807, 2.05) is 54.6 Å². The number of aromatic nitrogens is 1. The smallest absolute Gasteiger partial charge is 0.255 e. The van der Waals surface area contributed by atoms with Crippen LogP contribution in [-0.2, 0) is 0 Å². The lowest BCUT2D eigenvalue weighted by Gasteiger charge is -2.23. The SMILES string of the molecule is COc1ccc(-c2ccc(C(=O)Nc3ccc4nc(N(C)C5CCN(C)C5)sc4c3)cc2)c(Cl)c1. The van der Waals surface area contributed by atoms with Crippen LogP contribution >= 0.6 is 22.9 Å². The van der Waals surface area contributed by atoms with Crippen molar-refractivity contribution in [3.8, 4) is 16.9 Å². The number of nitrogens with one attached hydrogen (secondary N) is 1. The Morgan fingerprint density at radius 1 is 1.17 bits per heavy atom. The van der Waals surface area contributed by atoms with Crippen LogP contribution in [0.25, 0.3) is 21.3 Å². The Morgan fingerprint density at radius 3 is 2.66 bits per heavy atom. The maximum atomic E-state index is 12.9. The molecule has 3 aromatic carbocycles. The van der Waals surface area contributed by atoms with Crippen molar-refractivity contribution in [2.45, 2.75) is 12.5 Å². The van der Waals surface area contributed by atoms with Crippen molar-refractivity contribution in [1.82, 2.24) is 9.88 Å². The first-order chi connectivity index (χ1) is 16.9. The molecule has 180 valence electrons. The molecular formula is C27H27ClN4O2S. The minimum absolute atomic E-state index is 0.160. The number of fused-ring (bicyclic) bond motifs is 1. The van der Waals surface area contributed by atoms with Crippen molar-refractivity contribution in [3.05, 3.63) is 71.2 Å². The van der Waals surface area contributed by atoms with Gasteiger partial charge in [0.2, 0.25) is 0 Å². The summed E-state index contributed by atoms with van der Waals surface area (Å²) in [5.74, 6) is 0.546. The van der Waals surface area contributed by atoms with Gasteiger partial charge >= 0.3 is 0 Å². The zero-order valence-corrected chi connectivity index (χ0v) is 21.5. The number of ether oxygens (including phenoxy) is 1. The Labute approximate surface area is 214 Å². The van der Waals surface area contributed by atoms with Crippen LogP contribution in [-0.4, -0.2) is 56.1 Å². The van der Waals surface area contributed by atoms with E-state index in [2.05, 4.69) is 29.2 Å². The highest BCUT2D eigenvalue weighted by molar-refractivity contribution is 7.22. The van der Waals surface area contributed by atoms with Crippen LogP contribution in [0.15, 0.2) is 60.7 Å². The van der Waals surface area contributed by atoms with Crippen molar-refractivity contribution < 1.29 is 9.53 Å². The topological polar surface area (TPSA) is 57.7 Å². The van der Waals surface area contributed by atoms with Crippen LogP contribution in [0, 0.1) is 0 Å². The first kappa shape index (κ1) is 23.6. The number of likely N-dealkylation sites (tertiary alicyclic amines) is 1. The van der Waals surface area contributed by atoms with Crippen molar-refractivity contribution in [2.24, 2.45) is 0 Å². The number of carbonyl (C=O) groups excluding carboxylic acids is 1. The molecule has 4 aromatic rings. The second-order valence-electron chi connectivity index (χ2n) is 8.87. The molecule has 1 atom stereocenters. The fourth-order valence-electron chi connectivity index (χ4n) is 4.39. The number of carbonyl (C=O) groups is 1. The van der Waals surface area contributed by atoms with Crippen molar-refractivity contribution in [3.63, 3.8) is 0 Å². The first-order valence-electron chi connectivity index (χ1n) is 11.5. The molecule has 0 bridgehead atoms. The number of anilines is 2. The normalized spacial score (nSPS) is 15.9. The summed E-state index contributed by atoms with van der Waals surface area (Å²) in [6.45, 7) is 2.17. The Hall–Kier alpha value is -3.13. The average Bonchev–Trinajstić information content (AvgIpc) is 3.49. The van der Waals surface area contributed by atoms with E-state index in [9.17, 15) is 4.79 Å². The van der Waals surface area contributed by atoms with Gasteiger partial charge in [-0.15, -0.1) is 0 Å². The third-order valence-electron chi connectivity index (χ3n) is 6.49. The molecule has 1 aromatic heterocycles. The van der Waals surface area contributed by atoms with Crippen LogP contribution in [0.5, 0.6) is 5.75 Å². The van der Waals surface area contributed by atoms with Gasteiger partial charge in [-0.05, 0) is 74.1 Å². The molecule has 2 heterocycles. The van der Waals surface area contributed by atoms with Crippen LogP contribution in [0.3, 0.4) is 0 Å². The van der Waals surface area contributed by atoms with Crippen molar-refractivity contribution in [2.75, 3.05) is 44.5 Å². The molecule has 1 aliphatic rings. The summed E-state index contributed by atoms with van der Waals surface area (Å²) in [6, 6.07) is 19.3. The van der Waals surface area contributed by atoms with E-state index >= 15 is 0 Å². The Kier molecular flexibility index (Phi) is 6.65. The Bertz CT molecular complexity index is 1370. The number of benzene rings is 3. The molecule has 1 fully saturated rings. The molecule has 1 amide bonds. The lowest BCUT2D eigenvalue weighted by molar-refractivity contribution is 0.102. The summed E-state index contributed by atoms with van der Waals surface area (Å²) in [4.78, 5) is 22.3. The van der Waals surface area contributed by atoms with Gasteiger partial charge < -0.3 is 19.9 Å². The predicted molar refractivity (Wildman–Crippen MR) is 145 cm³/mol. The Morgan fingerprint density at radius 2 is 1.97 bits per heavy atom. The zero-order valence-electron chi connectivity index (χ0n) is 19.9. The number of amides is 1. The molecule has 8 heteroatoms. The maximum absolute atomic E-state index is 12.9. The van der Waals surface area contributed by atoms with Crippen molar-refractivity contribution in [1.29, 1.82) is 0 Å².